The van der Waals surface area contributed by atoms with Crippen molar-refractivity contribution in [2.24, 2.45) is 0 Å². The summed E-state index contributed by atoms with van der Waals surface area (Å²) < 4.78 is 0. The molecule has 0 aliphatic carbocycles. The fourth-order valence-electron chi connectivity index (χ4n) is 1.76. The topological polar surface area (TPSA) is 76.7 Å². The van der Waals surface area contributed by atoms with E-state index in [0.29, 0.717) is 12.4 Å². The van der Waals surface area contributed by atoms with E-state index in [1.165, 1.54) is 5.56 Å². The number of anilines is 2. The first kappa shape index (κ1) is 14.2. The Morgan fingerprint density at radius 1 is 1.25 bits per heavy atom. The van der Waals surface area contributed by atoms with E-state index < -0.39 is 0 Å². The summed E-state index contributed by atoms with van der Waals surface area (Å²) in [7, 11) is 0. The molecule has 0 atom stereocenters. The number of rotatable bonds is 3. The lowest BCUT2D eigenvalue weighted by molar-refractivity contribution is 0.547. The molecule has 106 valence electrons. The Balaban J connectivity index is 2.18. The molecule has 0 aromatic carbocycles. The summed E-state index contributed by atoms with van der Waals surface area (Å²) in [5.41, 5.74) is 8.06. The van der Waals surface area contributed by atoms with E-state index in [9.17, 15) is 0 Å². The van der Waals surface area contributed by atoms with Crippen LogP contribution in [0.25, 0.3) is 0 Å². The number of nitrogens with two attached hydrogens (primary N) is 1. The molecule has 2 heterocycles. The largest absolute Gasteiger partial charge is 0.384 e. The van der Waals surface area contributed by atoms with Crippen molar-refractivity contribution in [3.63, 3.8) is 0 Å². The summed E-state index contributed by atoms with van der Waals surface area (Å²) in [5.74, 6) is 1.96. The maximum absolute atomic E-state index is 5.85. The standard InChI is InChI=1S/C15H21N5/c1-10-5-6-17-8-11(10)9-18-13-7-12(16)19-14(20-13)15(2,3)4/h5-8H,9H2,1-4H3,(H3,16,18,19,20). The van der Waals surface area contributed by atoms with Gasteiger partial charge in [0.1, 0.15) is 17.5 Å². The average Bonchev–Trinajstić information content (AvgIpc) is 2.36. The fraction of sp³-hybridized carbons (Fsp3) is 0.400. The van der Waals surface area contributed by atoms with Gasteiger partial charge in [-0.1, -0.05) is 20.8 Å². The van der Waals surface area contributed by atoms with Gasteiger partial charge in [-0.3, -0.25) is 4.98 Å². The number of aryl methyl sites for hydroxylation is 1. The number of hydrogen-bond donors (Lipinski definition) is 2. The molecule has 0 saturated heterocycles. The lowest BCUT2D eigenvalue weighted by Gasteiger charge is -2.18. The predicted octanol–water partition coefficient (Wildman–Crippen LogP) is 2.67. The molecular formula is C15H21N5. The Hall–Kier alpha value is -2.17. The predicted molar refractivity (Wildman–Crippen MR) is 81.4 cm³/mol. The number of pyridine rings is 1. The van der Waals surface area contributed by atoms with Gasteiger partial charge in [0.2, 0.25) is 0 Å². The molecule has 0 fully saturated rings. The molecule has 0 amide bonds. The zero-order valence-corrected chi connectivity index (χ0v) is 12.4. The third-order valence-corrected chi connectivity index (χ3v) is 3.02. The van der Waals surface area contributed by atoms with Gasteiger partial charge in [0.25, 0.3) is 0 Å². The van der Waals surface area contributed by atoms with E-state index in [2.05, 4.69) is 48.0 Å². The van der Waals surface area contributed by atoms with E-state index in [1.54, 1.807) is 12.3 Å². The molecule has 2 rings (SSSR count). The normalized spacial score (nSPS) is 11.4. The van der Waals surface area contributed by atoms with Gasteiger partial charge in [-0.25, -0.2) is 9.97 Å². The van der Waals surface area contributed by atoms with Crippen molar-refractivity contribution in [3.05, 3.63) is 41.5 Å². The van der Waals surface area contributed by atoms with Gasteiger partial charge in [0, 0.05) is 30.4 Å². The monoisotopic (exact) mass is 271 g/mol. The van der Waals surface area contributed by atoms with Crippen LogP contribution in [0, 0.1) is 6.92 Å². The van der Waals surface area contributed by atoms with Crippen LogP contribution in [-0.2, 0) is 12.0 Å². The molecular weight excluding hydrogens is 250 g/mol. The van der Waals surface area contributed by atoms with Crippen LogP contribution in [0.15, 0.2) is 24.5 Å². The van der Waals surface area contributed by atoms with E-state index in [4.69, 9.17) is 5.73 Å². The van der Waals surface area contributed by atoms with E-state index in [0.717, 1.165) is 17.2 Å². The van der Waals surface area contributed by atoms with Crippen LogP contribution in [0.3, 0.4) is 0 Å². The lowest BCUT2D eigenvalue weighted by atomic mass is 9.96. The van der Waals surface area contributed by atoms with Crippen molar-refractivity contribution in [3.8, 4) is 0 Å². The Bertz CT molecular complexity index is 601. The van der Waals surface area contributed by atoms with Crippen LogP contribution >= 0.6 is 0 Å². The molecule has 0 radical (unpaired) electrons. The fourth-order valence-corrected chi connectivity index (χ4v) is 1.76. The highest BCUT2D eigenvalue weighted by Crippen LogP contribution is 2.21. The van der Waals surface area contributed by atoms with Crippen LogP contribution in [-0.4, -0.2) is 15.0 Å². The summed E-state index contributed by atoms with van der Waals surface area (Å²) in [6.45, 7) is 8.93. The van der Waals surface area contributed by atoms with E-state index in [1.807, 2.05) is 12.3 Å². The second kappa shape index (κ2) is 5.45. The third-order valence-electron chi connectivity index (χ3n) is 3.02. The number of nitrogen functional groups attached to an aromatic ring is 1. The van der Waals surface area contributed by atoms with Crippen molar-refractivity contribution in [2.75, 3.05) is 11.1 Å². The van der Waals surface area contributed by atoms with Gasteiger partial charge >= 0.3 is 0 Å². The Morgan fingerprint density at radius 2 is 2.00 bits per heavy atom. The summed E-state index contributed by atoms with van der Waals surface area (Å²) in [4.78, 5) is 13.0. The lowest BCUT2D eigenvalue weighted by Crippen LogP contribution is -2.18. The van der Waals surface area contributed by atoms with Crippen molar-refractivity contribution in [1.29, 1.82) is 0 Å². The highest BCUT2D eigenvalue weighted by atomic mass is 15.1. The van der Waals surface area contributed by atoms with Crippen LogP contribution < -0.4 is 11.1 Å². The molecule has 0 saturated carbocycles. The molecule has 0 unspecified atom stereocenters. The van der Waals surface area contributed by atoms with Crippen molar-refractivity contribution < 1.29 is 0 Å². The van der Waals surface area contributed by atoms with Crippen LogP contribution in [0.2, 0.25) is 0 Å². The van der Waals surface area contributed by atoms with E-state index in [-0.39, 0.29) is 5.41 Å². The zero-order valence-electron chi connectivity index (χ0n) is 12.4. The van der Waals surface area contributed by atoms with Gasteiger partial charge in [-0.05, 0) is 24.1 Å². The molecule has 5 heteroatoms. The Labute approximate surface area is 119 Å². The molecule has 2 aromatic rings. The minimum atomic E-state index is -0.129. The van der Waals surface area contributed by atoms with Crippen LogP contribution in [0.4, 0.5) is 11.6 Å². The maximum atomic E-state index is 5.85. The number of nitrogens with zero attached hydrogens (tertiary/aromatic N) is 3. The number of aromatic nitrogens is 3. The molecule has 5 nitrogen and oxygen atoms in total. The molecule has 0 aliphatic heterocycles. The molecule has 0 spiro atoms. The van der Waals surface area contributed by atoms with Gasteiger partial charge in [-0.2, -0.15) is 0 Å². The van der Waals surface area contributed by atoms with Crippen molar-refractivity contribution in [1.82, 2.24) is 15.0 Å². The smallest absolute Gasteiger partial charge is 0.138 e. The number of nitrogens with one attached hydrogen (secondary N) is 1. The molecule has 2 aromatic heterocycles. The first-order valence-corrected chi connectivity index (χ1v) is 6.64. The van der Waals surface area contributed by atoms with Crippen molar-refractivity contribution in [2.45, 2.75) is 39.7 Å². The summed E-state index contributed by atoms with van der Waals surface area (Å²) in [6.07, 6.45) is 3.65. The molecule has 0 bridgehead atoms. The SMILES string of the molecule is Cc1ccncc1CNc1cc(N)nc(C(C)(C)C)n1. The molecule has 3 N–H and O–H groups in total. The average molecular weight is 271 g/mol. The van der Waals surface area contributed by atoms with Gasteiger partial charge in [0.15, 0.2) is 0 Å². The minimum absolute atomic E-state index is 0.129. The van der Waals surface area contributed by atoms with Crippen molar-refractivity contribution >= 4 is 11.6 Å². The first-order valence-electron chi connectivity index (χ1n) is 6.64. The molecule has 20 heavy (non-hydrogen) atoms. The quantitative estimate of drug-likeness (QED) is 0.897. The second-order valence-corrected chi connectivity index (χ2v) is 5.91. The summed E-state index contributed by atoms with van der Waals surface area (Å²) >= 11 is 0. The highest BCUT2D eigenvalue weighted by Gasteiger charge is 2.18. The second-order valence-electron chi connectivity index (χ2n) is 5.91. The maximum Gasteiger partial charge on any atom is 0.138 e. The Kier molecular flexibility index (Phi) is 3.88. The van der Waals surface area contributed by atoms with Gasteiger partial charge in [-0.15, -0.1) is 0 Å². The third kappa shape index (κ3) is 3.44. The first-order chi connectivity index (χ1) is 9.36. The van der Waals surface area contributed by atoms with E-state index >= 15 is 0 Å². The summed E-state index contributed by atoms with van der Waals surface area (Å²) in [5, 5.41) is 3.28. The van der Waals surface area contributed by atoms with Gasteiger partial charge < -0.3 is 11.1 Å². The summed E-state index contributed by atoms with van der Waals surface area (Å²) in [6, 6.07) is 3.74. The zero-order chi connectivity index (χ0) is 14.8. The van der Waals surface area contributed by atoms with Crippen LogP contribution in [0.1, 0.15) is 37.7 Å². The molecule has 0 aliphatic rings. The highest BCUT2D eigenvalue weighted by molar-refractivity contribution is 5.46. The minimum Gasteiger partial charge on any atom is -0.384 e. The van der Waals surface area contributed by atoms with Gasteiger partial charge in [0.05, 0.1) is 0 Å². The van der Waals surface area contributed by atoms with Crippen LogP contribution in [0.5, 0.6) is 0 Å². The Morgan fingerprint density at radius 3 is 2.65 bits per heavy atom. The number of hydrogen-bond acceptors (Lipinski definition) is 5.